The van der Waals surface area contributed by atoms with E-state index in [2.05, 4.69) is 15.9 Å². The van der Waals surface area contributed by atoms with Gasteiger partial charge in [0.2, 0.25) is 0 Å². The molecule has 0 radical (unpaired) electrons. The van der Waals surface area contributed by atoms with Crippen LogP contribution in [0.3, 0.4) is 0 Å². The van der Waals surface area contributed by atoms with Gasteiger partial charge in [0.15, 0.2) is 15.3 Å². The molecule has 3 atom stereocenters. The van der Waals surface area contributed by atoms with E-state index in [1.54, 1.807) is 31.2 Å². The van der Waals surface area contributed by atoms with Crippen LogP contribution in [0.2, 0.25) is 0 Å². The lowest BCUT2D eigenvalue weighted by Crippen LogP contribution is -2.26. The van der Waals surface area contributed by atoms with E-state index in [4.69, 9.17) is 4.74 Å². The molecule has 0 saturated heterocycles. The molecule has 0 aliphatic heterocycles. The van der Waals surface area contributed by atoms with Crippen molar-refractivity contribution in [1.29, 1.82) is 5.26 Å². The molecule has 0 aromatic heterocycles. The molecule has 0 unspecified atom stereocenters. The molecule has 1 aliphatic carbocycles. The quantitative estimate of drug-likeness (QED) is 0.726. The molecule has 5 nitrogen and oxygen atoms in total. The molecule has 1 aromatic rings. The maximum absolute atomic E-state index is 12.3. The van der Waals surface area contributed by atoms with E-state index < -0.39 is 32.4 Å². The number of carbonyl (C=O) groups is 1. The van der Waals surface area contributed by atoms with Crippen molar-refractivity contribution in [2.24, 2.45) is 5.41 Å². The minimum atomic E-state index is -3.55. The lowest BCUT2D eigenvalue weighted by atomic mass is 10.0. The fourth-order valence-electron chi connectivity index (χ4n) is 2.81. The normalized spacial score (nSPS) is 27.0. The van der Waals surface area contributed by atoms with Crippen molar-refractivity contribution in [3.05, 3.63) is 34.3 Å². The molecule has 0 heterocycles. The van der Waals surface area contributed by atoms with Crippen LogP contribution < -0.4 is 0 Å². The van der Waals surface area contributed by atoms with E-state index >= 15 is 0 Å². The third-order valence-corrected chi connectivity index (χ3v) is 6.70. The second kappa shape index (κ2) is 6.01. The van der Waals surface area contributed by atoms with Crippen molar-refractivity contribution >= 4 is 31.7 Å². The lowest BCUT2D eigenvalue weighted by Gasteiger charge is -2.08. The first-order valence-corrected chi connectivity index (χ1v) is 9.41. The second-order valence-electron chi connectivity index (χ2n) is 5.10. The highest BCUT2D eigenvalue weighted by Gasteiger charge is 2.77. The molecule has 0 bridgehead atoms. The van der Waals surface area contributed by atoms with Crippen LogP contribution in [0.4, 0.5) is 0 Å². The Kier molecular flexibility index (Phi) is 4.64. The van der Waals surface area contributed by atoms with Crippen LogP contribution in [0.1, 0.15) is 25.3 Å². The van der Waals surface area contributed by atoms with Gasteiger partial charge in [-0.15, -0.1) is 0 Å². The number of hydrogen-bond donors (Lipinski definition) is 0. The Balaban J connectivity index is 2.52. The summed E-state index contributed by atoms with van der Waals surface area (Å²) in [5, 5.41) is 8.50. The Hall–Kier alpha value is -1.39. The van der Waals surface area contributed by atoms with Gasteiger partial charge in [-0.1, -0.05) is 35.0 Å². The number of sulfone groups is 1. The van der Waals surface area contributed by atoms with Gasteiger partial charge in [-0.25, -0.2) is 8.42 Å². The van der Waals surface area contributed by atoms with E-state index in [0.717, 1.165) is 4.47 Å². The predicted octanol–water partition coefficient (Wildman–Crippen LogP) is 2.42. The van der Waals surface area contributed by atoms with Gasteiger partial charge in [-0.2, -0.15) is 5.26 Å². The van der Waals surface area contributed by atoms with Crippen molar-refractivity contribution in [1.82, 2.24) is 0 Å². The van der Waals surface area contributed by atoms with Gasteiger partial charge in [0, 0.05) is 16.1 Å². The minimum absolute atomic E-state index is 0.105. The molecule has 2 rings (SSSR count). The third kappa shape index (κ3) is 2.55. The molecule has 1 aliphatic rings. The van der Waals surface area contributed by atoms with Crippen molar-refractivity contribution in [3.8, 4) is 6.07 Å². The standard InChI is InChI=1S/C15H16BrNO4S/c1-3-21-14(18)15(9-17)12(13(15)22(19,20)4-2)10-5-7-11(16)8-6-10/h5-8,12-13H,3-4H2,1-2H3/t12-,13-,15-/m1/s1. The van der Waals surface area contributed by atoms with Gasteiger partial charge >= 0.3 is 5.97 Å². The molecular formula is C15H16BrNO4S. The first-order chi connectivity index (χ1) is 10.3. The third-order valence-electron chi connectivity index (χ3n) is 3.95. The topological polar surface area (TPSA) is 84.2 Å². The summed E-state index contributed by atoms with van der Waals surface area (Å²) in [5.41, 5.74) is -0.988. The Morgan fingerprint density at radius 3 is 2.41 bits per heavy atom. The fraction of sp³-hybridized carbons (Fsp3) is 0.467. The summed E-state index contributed by atoms with van der Waals surface area (Å²) >= 11 is 3.31. The Labute approximate surface area is 138 Å². The van der Waals surface area contributed by atoms with E-state index in [1.807, 2.05) is 6.07 Å². The number of esters is 1. The van der Waals surface area contributed by atoms with Crippen LogP contribution in [0.5, 0.6) is 0 Å². The van der Waals surface area contributed by atoms with E-state index in [1.165, 1.54) is 6.92 Å². The van der Waals surface area contributed by atoms with Crippen LogP contribution in [-0.2, 0) is 19.4 Å². The summed E-state index contributed by atoms with van der Waals surface area (Å²) in [4.78, 5) is 12.3. The number of rotatable bonds is 5. The molecule has 1 fully saturated rings. The predicted molar refractivity (Wildman–Crippen MR) is 84.8 cm³/mol. The zero-order valence-corrected chi connectivity index (χ0v) is 14.6. The van der Waals surface area contributed by atoms with Gasteiger partial charge in [0.05, 0.1) is 12.7 Å². The second-order valence-corrected chi connectivity index (χ2v) is 8.43. The number of nitrogens with zero attached hydrogens (tertiary/aromatic N) is 1. The molecule has 0 N–H and O–H groups in total. The van der Waals surface area contributed by atoms with Gasteiger partial charge in [0.25, 0.3) is 0 Å². The average Bonchev–Trinajstić information content (AvgIpc) is 3.20. The van der Waals surface area contributed by atoms with E-state index in [9.17, 15) is 18.5 Å². The molecule has 22 heavy (non-hydrogen) atoms. The maximum atomic E-state index is 12.3. The molecule has 0 spiro atoms. The highest BCUT2D eigenvalue weighted by atomic mass is 79.9. The summed E-state index contributed by atoms with van der Waals surface area (Å²) in [7, 11) is -3.55. The molecular weight excluding hydrogens is 370 g/mol. The van der Waals surface area contributed by atoms with Gasteiger partial charge in [0.1, 0.15) is 5.25 Å². The Morgan fingerprint density at radius 2 is 1.95 bits per heavy atom. The van der Waals surface area contributed by atoms with Crippen molar-refractivity contribution in [3.63, 3.8) is 0 Å². The van der Waals surface area contributed by atoms with Gasteiger partial charge in [-0.3, -0.25) is 4.79 Å². The molecule has 7 heteroatoms. The molecule has 1 aromatic carbocycles. The summed E-state index contributed by atoms with van der Waals surface area (Å²) in [6.45, 7) is 3.25. The van der Waals surface area contributed by atoms with E-state index in [-0.39, 0.29) is 12.4 Å². The summed E-state index contributed by atoms with van der Waals surface area (Å²) in [5.74, 6) is -1.56. The smallest absolute Gasteiger partial charge is 0.328 e. The Morgan fingerprint density at radius 1 is 1.36 bits per heavy atom. The minimum Gasteiger partial charge on any atom is -0.465 e. The monoisotopic (exact) mass is 385 g/mol. The molecule has 0 amide bonds. The van der Waals surface area contributed by atoms with Crippen LogP contribution in [0.25, 0.3) is 0 Å². The largest absolute Gasteiger partial charge is 0.465 e. The molecule has 118 valence electrons. The lowest BCUT2D eigenvalue weighted by molar-refractivity contribution is -0.147. The average molecular weight is 386 g/mol. The summed E-state index contributed by atoms with van der Waals surface area (Å²) in [6, 6.07) is 8.90. The van der Waals surface area contributed by atoms with Gasteiger partial charge < -0.3 is 4.74 Å². The fourth-order valence-corrected chi connectivity index (χ4v) is 5.00. The Bertz CT molecular complexity index is 723. The highest BCUT2D eigenvalue weighted by Crippen LogP contribution is 2.63. The maximum Gasteiger partial charge on any atom is 0.328 e. The van der Waals surface area contributed by atoms with Crippen molar-refractivity contribution < 1.29 is 17.9 Å². The van der Waals surface area contributed by atoms with Crippen LogP contribution in [-0.4, -0.2) is 32.0 Å². The summed E-state index contributed by atoms with van der Waals surface area (Å²) < 4.78 is 30.5. The van der Waals surface area contributed by atoms with E-state index in [0.29, 0.717) is 5.56 Å². The van der Waals surface area contributed by atoms with Crippen molar-refractivity contribution in [2.45, 2.75) is 25.0 Å². The van der Waals surface area contributed by atoms with Gasteiger partial charge in [-0.05, 0) is 24.6 Å². The van der Waals surface area contributed by atoms with Crippen LogP contribution in [0.15, 0.2) is 28.7 Å². The van der Waals surface area contributed by atoms with Crippen LogP contribution >= 0.6 is 15.9 Å². The highest BCUT2D eigenvalue weighted by molar-refractivity contribution is 9.10. The number of nitriles is 1. The van der Waals surface area contributed by atoms with Crippen LogP contribution in [0, 0.1) is 16.7 Å². The van der Waals surface area contributed by atoms with Crippen molar-refractivity contribution in [2.75, 3.05) is 12.4 Å². The number of ether oxygens (including phenoxy) is 1. The number of carbonyl (C=O) groups excluding carboxylic acids is 1. The number of hydrogen-bond acceptors (Lipinski definition) is 5. The SMILES string of the molecule is CCOC(=O)[C@]1(C#N)[C@H](c2ccc(Br)cc2)[C@H]1S(=O)(=O)CC. The first-order valence-electron chi connectivity index (χ1n) is 6.90. The number of halogens is 1. The first kappa shape index (κ1) is 17.0. The zero-order chi connectivity index (χ0) is 16.5. The molecule has 1 saturated carbocycles. The zero-order valence-electron chi connectivity index (χ0n) is 12.2. The number of benzene rings is 1. The summed E-state index contributed by atoms with van der Waals surface area (Å²) in [6.07, 6.45) is 0.